The van der Waals surface area contributed by atoms with E-state index in [0.717, 1.165) is 0 Å². The number of rotatable bonds is 7. The number of benzene rings is 2. The van der Waals surface area contributed by atoms with Crippen molar-refractivity contribution in [2.75, 3.05) is 20.2 Å². The van der Waals surface area contributed by atoms with Gasteiger partial charge in [0.05, 0.1) is 12.7 Å². The van der Waals surface area contributed by atoms with Crippen LogP contribution >= 0.6 is 15.9 Å². The van der Waals surface area contributed by atoms with Gasteiger partial charge in [-0.25, -0.2) is 4.79 Å². The SMILES string of the molecule is CCN(CC)C(=O)[C@@H](OC(=O)c1cc(OC)ccc1Br)c1ccccc1. The summed E-state index contributed by atoms with van der Waals surface area (Å²) in [5.41, 5.74) is 0.939. The van der Waals surface area contributed by atoms with E-state index in [1.807, 2.05) is 32.0 Å². The molecule has 1 atom stereocenters. The molecule has 0 N–H and O–H groups in total. The van der Waals surface area contributed by atoms with Crippen molar-refractivity contribution < 1.29 is 19.1 Å². The first kappa shape index (κ1) is 20.0. The number of hydrogen-bond acceptors (Lipinski definition) is 4. The summed E-state index contributed by atoms with van der Waals surface area (Å²) in [4.78, 5) is 27.3. The maximum atomic E-state index is 12.9. The van der Waals surface area contributed by atoms with Crippen LogP contribution in [0, 0.1) is 0 Å². The van der Waals surface area contributed by atoms with Gasteiger partial charge in [0.15, 0.2) is 0 Å². The third kappa shape index (κ3) is 4.64. The molecule has 0 saturated heterocycles. The molecule has 2 aromatic rings. The average molecular weight is 420 g/mol. The first-order valence-corrected chi connectivity index (χ1v) is 9.19. The molecule has 0 aliphatic rings. The Balaban J connectivity index is 2.35. The first-order chi connectivity index (χ1) is 12.5. The number of carbonyl (C=O) groups excluding carboxylic acids is 2. The molecule has 5 nitrogen and oxygen atoms in total. The highest BCUT2D eigenvalue weighted by Crippen LogP contribution is 2.27. The van der Waals surface area contributed by atoms with Crippen LogP contribution in [0.15, 0.2) is 53.0 Å². The van der Waals surface area contributed by atoms with Crippen molar-refractivity contribution >= 4 is 27.8 Å². The van der Waals surface area contributed by atoms with Gasteiger partial charge in [-0.3, -0.25) is 4.79 Å². The third-order valence-electron chi connectivity index (χ3n) is 4.02. The minimum absolute atomic E-state index is 0.242. The van der Waals surface area contributed by atoms with Crippen molar-refractivity contribution in [3.05, 3.63) is 64.1 Å². The average Bonchev–Trinajstić information content (AvgIpc) is 2.67. The number of hydrogen-bond donors (Lipinski definition) is 0. The number of amides is 1. The molecule has 0 radical (unpaired) electrons. The maximum absolute atomic E-state index is 12.9. The molecule has 0 aliphatic heterocycles. The second kappa shape index (κ2) is 9.38. The van der Waals surface area contributed by atoms with Crippen LogP contribution in [0.25, 0.3) is 0 Å². The molecule has 0 aromatic heterocycles. The summed E-state index contributed by atoms with van der Waals surface area (Å²) in [5.74, 6) is -0.301. The zero-order valence-electron chi connectivity index (χ0n) is 15.1. The van der Waals surface area contributed by atoms with Gasteiger partial charge in [-0.1, -0.05) is 30.3 Å². The van der Waals surface area contributed by atoms with E-state index in [2.05, 4.69) is 15.9 Å². The molecule has 0 aliphatic carbocycles. The van der Waals surface area contributed by atoms with E-state index >= 15 is 0 Å². The highest BCUT2D eigenvalue weighted by molar-refractivity contribution is 9.10. The molecule has 138 valence electrons. The van der Waals surface area contributed by atoms with Crippen LogP contribution in [0.5, 0.6) is 5.75 Å². The molecule has 0 bridgehead atoms. The zero-order valence-corrected chi connectivity index (χ0v) is 16.7. The number of carbonyl (C=O) groups is 2. The van der Waals surface area contributed by atoms with E-state index in [9.17, 15) is 9.59 Å². The smallest absolute Gasteiger partial charge is 0.340 e. The molecular formula is C20H22BrNO4. The Morgan fingerprint density at radius 3 is 2.31 bits per heavy atom. The van der Waals surface area contributed by atoms with E-state index in [-0.39, 0.29) is 5.91 Å². The Hall–Kier alpha value is -2.34. The highest BCUT2D eigenvalue weighted by atomic mass is 79.9. The predicted octanol–water partition coefficient (Wildman–Crippen LogP) is 4.22. The van der Waals surface area contributed by atoms with Crippen molar-refractivity contribution in [2.45, 2.75) is 20.0 Å². The van der Waals surface area contributed by atoms with Gasteiger partial charge in [0, 0.05) is 23.1 Å². The Morgan fingerprint density at radius 1 is 1.08 bits per heavy atom. The Bertz CT molecular complexity index is 760. The molecule has 1 amide bonds. The van der Waals surface area contributed by atoms with Gasteiger partial charge in [0.2, 0.25) is 6.10 Å². The number of nitrogens with zero attached hydrogens (tertiary/aromatic N) is 1. The topological polar surface area (TPSA) is 55.8 Å². The zero-order chi connectivity index (χ0) is 19.1. The summed E-state index contributed by atoms with van der Waals surface area (Å²) in [5, 5.41) is 0. The van der Waals surface area contributed by atoms with Crippen LogP contribution in [-0.2, 0) is 9.53 Å². The Morgan fingerprint density at radius 2 is 1.73 bits per heavy atom. The number of esters is 1. The number of ether oxygens (including phenoxy) is 2. The molecule has 0 fully saturated rings. The first-order valence-electron chi connectivity index (χ1n) is 8.40. The molecule has 26 heavy (non-hydrogen) atoms. The van der Waals surface area contributed by atoms with Gasteiger partial charge < -0.3 is 14.4 Å². The number of likely N-dealkylation sites (N-methyl/N-ethyl adjacent to an activating group) is 1. The van der Waals surface area contributed by atoms with Gasteiger partial charge in [0.1, 0.15) is 5.75 Å². The largest absolute Gasteiger partial charge is 0.497 e. The lowest BCUT2D eigenvalue weighted by atomic mass is 10.1. The van der Waals surface area contributed by atoms with Gasteiger partial charge in [-0.15, -0.1) is 0 Å². The number of methoxy groups -OCH3 is 1. The summed E-state index contributed by atoms with van der Waals surface area (Å²) in [6, 6.07) is 14.1. The van der Waals surface area contributed by atoms with E-state index in [4.69, 9.17) is 9.47 Å². The van der Waals surface area contributed by atoms with Crippen molar-refractivity contribution in [2.24, 2.45) is 0 Å². The lowest BCUT2D eigenvalue weighted by molar-refractivity contribution is -0.140. The van der Waals surface area contributed by atoms with Gasteiger partial charge in [-0.2, -0.15) is 0 Å². The minimum atomic E-state index is -0.998. The van der Waals surface area contributed by atoms with E-state index < -0.39 is 12.1 Å². The third-order valence-corrected chi connectivity index (χ3v) is 4.71. The van der Waals surface area contributed by atoms with Crippen LogP contribution in [-0.4, -0.2) is 37.0 Å². The second-order valence-corrected chi connectivity index (χ2v) is 6.41. The maximum Gasteiger partial charge on any atom is 0.340 e. The highest BCUT2D eigenvalue weighted by Gasteiger charge is 2.29. The van der Waals surface area contributed by atoms with Crippen molar-refractivity contribution in [1.82, 2.24) is 4.90 Å². The Kier molecular flexibility index (Phi) is 7.21. The molecular weight excluding hydrogens is 398 g/mol. The normalized spacial score (nSPS) is 11.5. The second-order valence-electron chi connectivity index (χ2n) is 5.55. The summed E-state index contributed by atoms with van der Waals surface area (Å²) < 4.78 is 11.4. The molecule has 0 heterocycles. The van der Waals surface area contributed by atoms with E-state index in [0.29, 0.717) is 34.4 Å². The molecule has 2 rings (SSSR count). The molecule has 0 spiro atoms. The van der Waals surface area contributed by atoms with Crippen LogP contribution < -0.4 is 4.74 Å². The molecule has 6 heteroatoms. The molecule has 0 unspecified atom stereocenters. The summed E-state index contributed by atoms with van der Waals surface area (Å²) in [6.07, 6.45) is -0.998. The fourth-order valence-corrected chi connectivity index (χ4v) is 2.96. The van der Waals surface area contributed by atoms with Gasteiger partial charge >= 0.3 is 5.97 Å². The Labute approximate surface area is 162 Å². The van der Waals surface area contributed by atoms with Crippen LogP contribution in [0.4, 0.5) is 0 Å². The van der Waals surface area contributed by atoms with Gasteiger partial charge in [-0.05, 0) is 48.0 Å². The summed E-state index contributed by atoms with van der Waals surface area (Å²) >= 11 is 3.35. The fourth-order valence-electron chi connectivity index (χ4n) is 2.55. The van der Waals surface area contributed by atoms with Crippen molar-refractivity contribution in [3.8, 4) is 5.75 Å². The van der Waals surface area contributed by atoms with Crippen molar-refractivity contribution in [3.63, 3.8) is 0 Å². The minimum Gasteiger partial charge on any atom is -0.497 e. The molecule has 0 saturated carbocycles. The van der Waals surface area contributed by atoms with Crippen molar-refractivity contribution in [1.29, 1.82) is 0 Å². The standard InChI is InChI=1S/C20H22BrNO4/c1-4-22(5-2)19(23)18(14-9-7-6-8-10-14)26-20(24)16-13-15(25-3)11-12-17(16)21/h6-13,18H,4-5H2,1-3H3/t18-/m0/s1. The van der Waals surface area contributed by atoms with Crippen LogP contribution in [0.2, 0.25) is 0 Å². The van der Waals surface area contributed by atoms with E-state index in [1.54, 1.807) is 35.2 Å². The summed E-state index contributed by atoms with van der Waals surface area (Å²) in [6.45, 7) is 4.87. The van der Waals surface area contributed by atoms with Crippen LogP contribution in [0.3, 0.4) is 0 Å². The lowest BCUT2D eigenvalue weighted by Crippen LogP contribution is -2.36. The number of halogens is 1. The van der Waals surface area contributed by atoms with Crippen LogP contribution in [0.1, 0.15) is 35.9 Å². The fraction of sp³-hybridized carbons (Fsp3) is 0.300. The lowest BCUT2D eigenvalue weighted by Gasteiger charge is -2.25. The predicted molar refractivity (Wildman–Crippen MR) is 103 cm³/mol. The van der Waals surface area contributed by atoms with Gasteiger partial charge in [0.25, 0.3) is 5.91 Å². The molecule has 2 aromatic carbocycles. The van der Waals surface area contributed by atoms with E-state index in [1.165, 1.54) is 7.11 Å². The monoisotopic (exact) mass is 419 g/mol. The summed E-state index contributed by atoms with van der Waals surface area (Å²) in [7, 11) is 1.52. The quantitative estimate of drug-likeness (QED) is 0.630.